The van der Waals surface area contributed by atoms with Crippen LogP contribution in [0.15, 0.2) is 16.6 Å². The Bertz CT molecular complexity index is 537. The molecule has 21 heavy (non-hydrogen) atoms. The van der Waals surface area contributed by atoms with Crippen molar-refractivity contribution in [3.63, 3.8) is 0 Å². The van der Waals surface area contributed by atoms with E-state index in [9.17, 15) is 13.6 Å². The topological polar surface area (TPSA) is 26.3 Å². The summed E-state index contributed by atoms with van der Waals surface area (Å²) in [5.74, 6) is -1.09. The van der Waals surface area contributed by atoms with E-state index in [2.05, 4.69) is 22.9 Å². The van der Waals surface area contributed by atoms with Gasteiger partial charge in [0.05, 0.1) is 4.47 Å². The lowest BCUT2D eigenvalue weighted by Gasteiger charge is -2.37. The number of benzene rings is 1. The van der Waals surface area contributed by atoms with Crippen molar-refractivity contribution in [3.05, 3.63) is 33.8 Å². The van der Waals surface area contributed by atoms with Gasteiger partial charge in [-0.15, -0.1) is 0 Å². The van der Waals surface area contributed by atoms with Crippen molar-refractivity contribution in [1.29, 1.82) is 0 Å². The summed E-state index contributed by atoms with van der Waals surface area (Å²) in [6.45, 7) is 2.14. The van der Waals surface area contributed by atoms with Crippen LogP contribution < -0.4 is 0 Å². The molecule has 5 heteroatoms. The van der Waals surface area contributed by atoms with E-state index in [0.717, 1.165) is 18.9 Å². The lowest BCUT2D eigenvalue weighted by Crippen LogP contribution is -2.44. The molecule has 116 valence electrons. The van der Waals surface area contributed by atoms with E-state index in [1.54, 1.807) is 0 Å². The molecule has 0 heterocycles. The summed E-state index contributed by atoms with van der Waals surface area (Å²) in [7, 11) is 1.50. The number of ether oxygens (including phenoxy) is 1. The monoisotopic (exact) mass is 360 g/mol. The molecule has 1 aliphatic carbocycles. The molecule has 0 radical (unpaired) electrons. The largest absolute Gasteiger partial charge is 0.370 e. The van der Waals surface area contributed by atoms with Crippen LogP contribution in [-0.4, -0.2) is 18.5 Å². The Balaban J connectivity index is 2.23. The molecule has 0 N–H and O–H groups in total. The normalized spacial score (nSPS) is 25.9. The number of ketones is 1. The van der Waals surface area contributed by atoms with Crippen LogP contribution >= 0.6 is 15.9 Å². The molecule has 0 saturated heterocycles. The van der Waals surface area contributed by atoms with Crippen molar-refractivity contribution in [2.75, 3.05) is 7.11 Å². The first-order valence-electron chi connectivity index (χ1n) is 7.10. The molecule has 1 aliphatic rings. The lowest BCUT2D eigenvalue weighted by molar-refractivity contribution is -0.145. The molecule has 2 rings (SSSR count). The number of halogens is 3. The molecular formula is C16H19BrF2O2. The highest BCUT2D eigenvalue weighted by atomic mass is 79.9. The molecule has 2 nitrogen and oxygen atoms in total. The minimum Gasteiger partial charge on any atom is -0.370 e. The third kappa shape index (κ3) is 3.34. The number of carbonyl (C=O) groups is 1. The molecule has 1 fully saturated rings. The fourth-order valence-corrected chi connectivity index (χ4v) is 3.25. The van der Waals surface area contributed by atoms with Crippen molar-refractivity contribution >= 4 is 21.7 Å². The van der Waals surface area contributed by atoms with Gasteiger partial charge in [-0.1, -0.05) is 6.92 Å². The van der Waals surface area contributed by atoms with Crippen molar-refractivity contribution < 1.29 is 18.3 Å². The molecule has 1 aromatic carbocycles. The number of carbonyl (C=O) groups excluding carboxylic acids is 1. The number of Topliss-reactive ketones (excluding diaryl/α,β-unsaturated/α-hetero) is 1. The molecule has 0 amide bonds. The van der Waals surface area contributed by atoms with Crippen LogP contribution in [0.2, 0.25) is 0 Å². The van der Waals surface area contributed by atoms with Gasteiger partial charge in [0.2, 0.25) is 0 Å². The summed E-state index contributed by atoms with van der Waals surface area (Å²) in [5, 5.41) is 0. The minimum absolute atomic E-state index is 0.162. The van der Waals surface area contributed by atoms with Crippen molar-refractivity contribution in [1.82, 2.24) is 0 Å². The quantitative estimate of drug-likeness (QED) is 0.742. The second-order valence-electron chi connectivity index (χ2n) is 5.80. The summed E-state index contributed by atoms with van der Waals surface area (Å²) in [5.41, 5.74) is -1.09. The van der Waals surface area contributed by atoms with Crippen LogP contribution in [0.5, 0.6) is 0 Å². The Labute approximate surface area is 132 Å². The Morgan fingerprint density at radius 3 is 2.57 bits per heavy atom. The highest BCUT2D eigenvalue weighted by molar-refractivity contribution is 9.10. The molecule has 0 atom stereocenters. The van der Waals surface area contributed by atoms with Crippen molar-refractivity contribution in [2.24, 2.45) is 5.92 Å². The Morgan fingerprint density at radius 2 is 2.00 bits per heavy atom. The number of rotatable bonds is 4. The first kappa shape index (κ1) is 16.6. The van der Waals surface area contributed by atoms with Crippen LogP contribution in [0.25, 0.3) is 0 Å². The van der Waals surface area contributed by atoms with E-state index in [0.29, 0.717) is 18.8 Å². The maximum absolute atomic E-state index is 14.0. The van der Waals surface area contributed by atoms with E-state index >= 15 is 0 Å². The predicted octanol–water partition coefficient (Wildman–Crippen LogP) is 4.43. The first-order chi connectivity index (χ1) is 9.89. The zero-order valence-electron chi connectivity index (χ0n) is 12.2. The molecule has 0 bridgehead atoms. The van der Waals surface area contributed by atoms with E-state index < -0.39 is 17.2 Å². The van der Waals surface area contributed by atoms with Crippen LogP contribution in [0.4, 0.5) is 8.78 Å². The summed E-state index contributed by atoms with van der Waals surface area (Å²) < 4.78 is 33.4. The smallest absolute Gasteiger partial charge is 0.169 e. The van der Waals surface area contributed by atoms with Gasteiger partial charge in [-0.3, -0.25) is 4.79 Å². The number of hydrogen-bond donors (Lipinski definition) is 0. The molecular weight excluding hydrogens is 342 g/mol. The van der Waals surface area contributed by atoms with Crippen LogP contribution in [0.3, 0.4) is 0 Å². The zero-order chi connectivity index (χ0) is 15.6. The van der Waals surface area contributed by atoms with Crippen molar-refractivity contribution in [3.8, 4) is 0 Å². The van der Waals surface area contributed by atoms with Gasteiger partial charge in [-0.25, -0.2) is 8.78 Å². The van der Waals surface area contributed by atoms with Crippen molar-refractivity contribution in [2.45, 2.75) is 44.6 Å². The van der Waals surface area contributed by atoms with Gasteiger partial charge in [-0.2, -0.15) is 0 Å². The highest BCUT2D eigenvalue weighted by Crippen LogP contribution is 2.36. The molecule has 0 aliphatic heterocycles. The van der Waals surface area contributed by atoms with Gasteiger partial charge in [0.15, 0.2) is 5.78 Å². The highest BCUT2D eigenvalue weighted by Gasteiger charge is 2.41. The van der Waals surface area contributed by atoms with E-state index in [-0.39, 0.29) is 22.2 Å². The molecule has 1 aromatic rings. The summed E-state index contributed by atoms with van der Waals surface area (Å²) in [6, 6.07) is 2.46. The SMILES string of the molecule is COC1(C(=O)Cc2c(F)ccc(Br)c2F)CCC(C)CC1. The number of hydrogen-bond acceptors (Lipinski definition) is 2. The van der Waals surface area contributed by atoms with Gasteiger partial charge in [-0.05, 0) is 59.7 Å². The average Bonchev–Trinajstić information content (AvgIpc) is 2.48. The van der Waals surface area contributed by atoms with Gasteiger partial charge >= 0.3 is 0 Å². The zero-order valence-corrected chi connectivity index (χ0v) is 13.8. The molecule has 1 saturated carbocycles. The minimum atomic E-state index is -0.895. The fourth-order valence-electron chi connectivity index (χ4n) is 2.88. The number of methoxy groups -OCH3 is 1. The van der Waals surface area contributed by atoms with Crippen LogP contribution in [-0.2, 0) is 16.0 Å². The van der Waals surface area contributed by atoms with Crippen LogP contribution in [0, 0.1) is 17.6 Å². The van der Waals surface area contributed by atoms with Gasteiger partial charge < -0.3 is 4.74 Å². The molecule has 0 spiro atoms. The molecule has 0 unspecified atom stereocenters. The van der Waals surface area contributed by atoms with E-state index in [1.165, 1.54) is 13.2 Å². The summed E-state index contributed by atoms with van der Waals surface area (Å²) in [4.78, 5) is 12.6. The fraction of sp³-hybridized carbons (Fsp3) is 0.562. The average molecular weight is 361 g/mol. The van der Waals surface area contributed by atoms with Gasteiger partial charge in [0.1, 0.15) is 17.2 Å². The van der Waals surface area contributed by atoms with E-state index in [1.807, 2.05) is 0 Å². The lowest BCUT2D eigenvalue weighted by atomic mass is 9.76. The third-order valence-electron chi connectivity index (χ3n) is 4.46. The summed E-state index contributed by atoms with van der Waals surface area (Å²) >= 11 is 3.02. The van der Waals surface area contributed by atoms with Gasteiger partial charge in [0.25, 0.3) is 0 Å². The Kier molecular flexibility index (Phi) is 5.15. The second-order valence-corrected chi connectivity index (χ2v) is 6.66. The predicted molar refractivity (Wildman–Crippen MR) is 80.1 cm³/mol. The maximum Gasteiger partial charge on any atom is 0.169 e. The Morgan fingerprint density at radius 1 is 1.38 bits per heavy atom. The third-order valence-corrected chi connectivity index (χ3v) is 5.07. The molecule has 0 aromatic heterocycles. The van der Waals surface area contributed by atoms with Gasteiger partial charge in [0, 0.05) is 19.1 Å². The maximum atomic E-state index is 14.0. The summed E-state index contributed by atoms with van der Waals surface area (Å²) in [6.07, 6.45) is 2.73. The first-order valence-corrected chi connectivity index (χ1v) is 7.90. The second kappa shape index (κ2) is 6.53. The standard InChI is InChI=1S/C16H19BrF2O2/c1-10-5-7-16(21-2,8-6-10)14(20)9-11-13(18)4-3-12(17)15(11)19/h3-4,10H,5-9H2,1-2H3. The van der Waals surface area contributed by atoms with Crippen LogP contribution in [0.1, 0.15) is 38.2 Å². The Hall–Kier alpha value is -0.810. The van der Waals surface area contributed by atoms with E-state index in [4.69, 9.17) is 4.74 Å².